The van der Waals surface area contributed by atoms with E-state index in [1.807, 2.05) is 0 Å². The lowest BCUT2D eigenvalue weighted by molar-refractivity contribution is -0.152. The fourth-order valence-corrected chi connectivity index (χ4v) is 0.270. The van der Waals surface area contributed by atoms with Crippen LogP contribution in [-0.4, -0.2) is 11.9 Å². The minimum Gasteiger partial charge on any atom is -0.386 e. The SMILES string of the molecule is O=C(/C=C/F)OC(=O)/C=C/F. The van der Waals surface area contributed by atoms with Crippen LogP contribution in [0.15, 0.2) is 24.8 Å². The second kappa shape index (κ2) is 5.28. The Morgan fingerprint density at radius 2 is 1.36 bits per heavy atom. The van der Waals surface area contributed by atoms with Gasteiger partial charge in [-0.3, -0.25) is 0 Å². The fraction of sp³-hybridized carbons (Fsp3) is 0. The van der Waals surface area contributed by atoms with Gasteiger partial charge in [0, 0.05) is 0 Å². The van der Waals surface area contributed by atoms with E-state index in [9.17, 15) is 18.4 Å². The van der Waals surface area contributed by atoms with Gasteiger partial charge >= 0.3 is 11.9 Å². The molecule has 0 amide bonds. The Bertz CT molecular complexity index is 186. The smallest absolute Gasteiger partial charge is 0.340 e. The minimum absolute atomic E-state index is 0.0885. The van der Waals surface area contributed by atoms with Gasteiger partial charge in [0.25, 0.3) is 0 Å². The topological polar surface area (TPSA) is 43.4 Å². The van der Waals surface area contributed by atoms with Crippen LogP contribution in [-0.2, 0) is 14.3 Å². The summed E-state index contributed by atoms with van der Waals surface area (Å²) < 4.78 is 26.2. The van der Waals surface area contributed by atoms with Crippen LogP contribution in [0.1, 0.15) is 0 Å². The zero-order valence-electron chi connectivity index (χ0n) is 5.29. The molecule has 11 heavy (non-hydrogen) atoms. The third-order valence-corrected chi connectivity index (χ3v) is 0.599. The molecule has 0 heterocycles. The van der Waals surface area contributed by atoms with Gasteiger partial charge in [-0.2, -0.15) is 0 Å². The van der Waals surface area contributed by atoms with Gasteiger partial charge in [-0.25, -0.2) is 18.4 Å². The summed E-state index contributed by atoms with van der Waals surface area (Å²) in [4.78, 5) is 20.4. The predicted molar refractivity (Wildman–Crippen MR) is 31.6 cm³/mol. The molecule has 0 radical (unpaired) electrons. The summed E-state index contributed by atoms with van der Waals surface area (Å²) >= 11 is 0. The molecule has 3 nitrogen and oxygen atoms in total. The van der Waals surface area contributed by atoms with Crippen molar-refractivity contribution in [1.29, 1.82) is 0 Å². The monoisotopic (exact) mass is 162 g/mol. The lowest BCUT2D eigenvalue weighted by Crippen LogP contribution is -2.06. The van der Waals surface area contributed by atoms with E-state index < -0.39 is 11.9 Å². The average molecular weight is 162 g/mol. The van der Waals surface area contributed by atoms with Crippen LogP contribution in [0.4, 0.5) is 8.78 Å². The predicted octanol–water partition coefficient (Wildman–Crippen LogP) is 1.02. The Balaban J connectivity index is 3.85. The molecule has 0 aromatic rings. The summed E-state index contributed by atoms with van der Waals surface area (Å²) in [5.41, 5.74) is 0. The molecule has 0 unspecified atom stereocenters. The Morgan fingerprint density at radius 3 is 1.64 bits per heavy atom. The molecule has 0 aromatic heterocycles. The van der Waals surface area contributed by atoms with Gasteiger partial charge < -0.3 is 4.74 Å². The van der Waals surface area contributed by atoms with Crippen molar-refractivity contribution in [1.82, 2.24) is 0 Å². The Labute approximate surface area is 61.0 Å². The summed E-state index contributed by atoms with van der Waals surface area (Å²) in [7, 11) is 0. The maximum Gasteiger partial charge on any atom is 0.340 e. The van der Waals surface area contributed by atoms with Gasteiger partial charge in [0.15, 0.2) is 0 Å². The van der Waals surface area contributed by atoms with E-state index in [1.165, 1.54) is 0 Å². The number of carbonyl (C=O) groups is 2. The quantitative estimate of drug-likeness (QED) is 0.346. The third-order valence-electron chi connectivity index (χ3n) is 0.599. The lowest BCUT2D eigenvalue weighted by Gasteiger charge is -1.90. The number of hydrogen-bond donors (Lipinski definition) is 0. The second-order valence-corrected chi connectivity index (χ2v) is 1.33. The number of esters is 2. The molecule has 0 bridgehead atoms. The van der Waals surface area contributed by atoms with Crippen LogP contribution < -0.4 is 0 Å². The van der Waals surface area contributed by atoms with Gasteiger partial charge in [0.2, 0.25) is 0 Å². The molecule has 0 aliphatic heterocycles. The van der Waals surface area contributed by atoms with Crippen LogP contribution in [0.5, 0.6) is 0 Å². The Kier molecular flexibility index (Phi) is 4.55. The zero-order chi connectivity index (χ0) is 8.69. The molecule has 0 aromatic carbocycles. The standard InChI is InChI=1S/C6H4F2O3/c7-3-1-5(9)11-6(10)2-4-8/h1-4H/b3-1+,4-2+. The summed E-state index contributed by atoms with van der Waals surface area (Å²) in [6, 6.07) is 0. The van der Waals surface area contributed by atoms with Crippen LogP contribution in [0.3, 0.4) is 0 Å². The van der Waals surface area contributed by atoms with Crippen molar-refractivity contribution < 1.29 is 23.1 Å². The van der Waals surface area contributed by atoms with Gasteiger partial charge in [-0.05, 0) is 0 Å². The molecule has 0 rings (SSSR count). The first-order valence-corrected chi connectivity index (χ1v) is 2.50. The highest BCUT2D eigenvalue weighted by molar-refractivity contribution is 5.96. The molecule has 0 N–H and O–H groups in total. The first-order chi connectivity index (χ1) is 5.20. The fourth-order valence-electron chi connectivity index (χ4n) is 0.270. The molecule has 0 aliphatic carbocycles. The van der Waals surface area contributed by atoms with Crippen molar-refractivity contribution in [2.75, 3.05) is 0 Å². The molecule has 0 saturated heterocycles. The number of rotatable bonds is 2. The van der Waals surface area contributed by atoms with Crippen molar-refractivity contribution in [2.24, 2.45) is 0 Å². The summed E-state index contributed by atoms with van der Waals surface area (Å²) in [5, 5.41) is 0. The molecule has 0 saturated carbocycles. The van der Waals surface area contributed by atoms with Crippen LogP contribution in [0.25, 0.3) is 0 Å². The van der Waals surface area contributed by atoms with Crippen LogP contribution >= 0.6 is 0 Å². The number of ether oxygens (including phenoxy) is 1. The highest BCUT2D eigenvalue weighted by Gasteiger charge is 2.02. The number of carbonyl (C=O) groups excluding carboxylic acids is 2. The van der Waals surface area contributed by atoms with E-state index >= 15 is 0 Å². The van der Waals surface area contributed by atoms with E-state index in [0.29, 0.717) is 12.2 Å². The number of hydrogen-bond acceptors (Lipinski definition) is 3. The molecule has 5 heteroatoms. The highest BCUT2D eigenvalue weighted by Crippen LogP contribution is 1.86. The first kappa shape index (κ1) is 9.48. The largest absolute Gasteiger partial charge is 0.386 e. The zero-order valence-corrected chi connectivity index (χ0v) is 5.29. The van der Waals surface area contributed by atoms with Crippen LogP contribution in [0, 0.1) is 0 Å². The van der Waals surface area contributed by atoms with Gasteiger partial charge in [-0.15, -0.1) is 0 Å². The molecule has 0 atom stereocenters. The normalized spacial score (nSPS) is 10.7. The van der Waals surface area contributed by atoms with E-state index in [4.69, 9.17) is 0 Å². The van der Waals surface area contributed by atoms with Crippen molar-refractivity contribution >= 4 is 11.9 Å². The Hall–Kier alpha value is -1.52. The Morgan fingerprint density at radius 1 is 1.00 bits per heavy atom. The maximum absolute atomic E-state index is 11.2. The molecule has 60 valence electrons. The molecule has 0 spiro atoms. The van der Waals surface area contributed by atoms with Crippen molar-refractivity contribution in [2.45, 2.75) is 0 Å². The van der Waals surface area contributed by atoms with Crippen molar-refractivity contribution in [3.8, 4) is 0 Å². The van der Waals surface area contributed by atoms with Gasteiger partial charge in [0.05, 0.1) is 24.8 Å². The van der Waals surface area contributed by atoms with E-state index in [-0.39, 0.29) is 12.7 Å². The third kappa shape index (κ3) is 4.95. The number of halogens is 2. The van der Waals surface area contributed by atoms with E-state index in [2.05, 4.69) is 4.74 Å². The minimum atomic E-state index is -1.18. The van der Waals surface area contributed by atoms with Crippen molar-refractivity contribution in [3.63, 3.8) is 0 Å². The summed E-state index contributed by atoms with van der Waals surface area (Å²) in [6.45, 7) is 0. The average Bonchev–Trinajstić information content (AvgIpc) is 1.87. The lowest BCUT2D eigenvalue weighted by atomic mass is 10.6. The van der Waals surface area contributed by atoms with E-state index in [1.54, 1.807) is 0 Å². The van der Waals surface area contributed by atoms with Crippen LogP contribution in [0.2, 0.25) is 0 Å². The molecular formula is C6H4F2O3. The highest BCUT2D eigenvalue weighted by atomic mass is 19.1. The van der Waals surface area contributed by atoms with E-state index in [0.717, 1.165) is 0 Å². The van der Waals surface area contributed by atoms with Gasteiger partial charge in [-0.1, -0.05) is 0 Å². The second-order valence-electron chi connectivity index (χ2n) is 1.33. The molecular weight excluding hydrogens is 158 g/mol. The first-order valence-electron chi connectivity index (χ1n) is 2.50. The van der Waals surface area contributed by atoms with Crippen molar-refractivity contribution in [3.05, 3.63) is 24.8 Å². The van der Waals surface area contributed by atoms with Gasteiger partial charge in [0.1, 0.15) is 0 Å². The summed E-state index contributed by atoms with van der Waals surface area (Å²) in [5.74, 6) is -2.37. The molecule has 0 aliphatic rings. The molecule has 0 fully saturated rings. The summed E-state index contributed by atoms with van der Waals surface area (Å²) in [6.07, 6.45) is 0.609. The maximum atomic E-state index is 11.2.